The van der Waals surface area contributed by atoms with Crippen LogP contribution in [0.15, 0.2) is 18.2 Å². The number of hydrogen-bond acceptors (Lipinski definition) is 4. The highest BCUT2D eigenvalue weighted by Crippen LogP contribution is 2.26. The largest absolute Gasteiger partial charge is 0.476 e. The van der Waals surface area contributed by atoms with Gasteiger partial charge in [0.15, 0.2) is 5.60 Å². The second kappa shape index (κ2) is 6.55. The SMILES string of the molecule is CCOC(=O)C(C)(C)Oc1ccc(C(C)C=O)cc1C. The van der Waals surface area contributed by atoms with Crippen molar-refractivity contribution >= 4 is 12.3 Å². The summed E-state index contributed by atoms with van der Waals surface area (Å²) in [4.78, 5) is 22.6. The molecule has 0 aromatic heterocycles. The molecule has 0 saturated carbocycles. The number of carbonyl (C=O) groups is 2. The molecule has 0 saturated heterocycles. The number of carbonyl (C=O) groups excluding carboxylic acids is 2. The fraction of sp³-hybridized carbons (Fsp3) is 0.500. The monoisotopic (exact) mass is 278 g/mol. The van der Waals surface area contributed by atoms with Crippen molar-refractivity contribution in [3.05, 3.63) is 29.3 Å². The van der Waals surface area contributed by atoms with Gasteiger partial charge in [-0.05, 0) is 44.9 Å². The Bertz CT molecular complexity index is 491. The molecule has 1 atom stereocenters. The standard InChI is InChI=1S/C16H22O4/c1-6-19-15(18)16(4,5)20-14-8-7-13(9-11(14)2)12(3)10-17/h7-10,12H,6H2,1-5H3. The lowest BCUT2D eigenvalue weighted by molar-refractivity contribution is -0.158. The highest BCUT2D eigenvalue weighted by molar-refractivity contribution is 5.79. The molecular formula is C16H22O4. The number of benzene rings is 1. The van der Waals surface area contributed by atoms with Gasteiger partial charge in [-0.2, -0.15) is 0 Å². The molecule has 0 radical (unpaired) electrons. The van der Waals surface area contributed by atoms with Crippen molar-refractivity contribution in [1.82, 2.24) is 0 Å². The minimum absolute atomic E-state index is 0.152. The summed E-state index contributed by atoms with van der Waals surface area (Å²) in [5.41, 5.74) is 0.769. The van der Waals surface area contributed by atoms with E-state index in [1.807, 2.05) is 26.0 Å². The molecule has 0 fully saturated rings. The van der Waals surface area contributed by atoms with E-state index in [-0.39, 0.29) is 5.92 Å². The maximum Gasteiger partial charge on any atom is 0.349 e. The normalized spacial score (nSPS) is 12.7. The number of esters is 1. The smallest absolute Gasteiger partial charge is 0.349 e. The van der Waals surface area contributed by atoms with Gasteiger partial charge >= 0.3 is 5.97 Å². The molecule has 110 valence electrons. The van der Waals surface area contributed by atoms with E-state index in [4.69, 9.17) is 9.47 Å². The van der Waals surface area contributed by atoms with Crippen LogP contribution in [0.5, 0.6) is 5.75 Å². The predicted molar refractivity (Wildman–Crippen MR) is 77.0 cm³/mol. The Balaban J connectivity index is 2.93. The first-order valence-corrected chi connectivity index (χ1v) is 6.74. The van der Waals surface area contributed by atoms with Crippen molar-refractivity contribution in [1.29, 1.82) is 0 Å². The Morgan fingerprint density at radius 2 is 2.05 bits per heavy atom. The van der Waals surface area contributed by atoms with Crippen molar-refractivity contribution in [2.24, 2.45) is 0 Å². The highest BCUT2D eigenvalue weighted by atomic mass is 16.6. The zero-order chi connectivity index (χ0) is 15.3. The molecule has 1 aromatic rings. The molecule has 1 aromatic carbocycles. The van der Waals surface area contributed by atoms with Crippen LogP contribution in [0.4, 0.5) is 0 Å². The van der Waals surface area contributed by atoms with Gasteiger partial charge in [0, 0.05) is 5.92 Å². The summed E-state index contributed by atoms with van der Waals surface area (Å²) in [6, 6.07) is 5.52. The number of aldehydes is 1. The van der Waals surface area contributed by atoms with Gasteiger partial charge in [0.2, 0.25) is 0 Å². The van der Waals surface area contributed by atoms with Crippen LogP contribution in [0.2, 0.25) is 0 Å². The molecule has 0 aliphatic rings. The summed E-state index contributed by atoms with van der Waals surface area (Å²) in [6.45, 7) is 9.15. The van der Waals surface area contributed by atoms with E-state index in [9.17, 15) is 9.59 Å². The molecule has 1 unspecified atom stereocenters. The van der Waals surface area contributed by atoms with Crippen molar-refractivity contribution in [2.45, 2.75) is 46.1 Å². The van der Waals surface area contributed by atoms with E-state index in [1.165, 1.54) is 0 Å². The lowest BCUT2D eigenvalue weighted by Gasteiger charge is -2.25. The van der Waals surface area contributed by atoms with Gasteiger partial charge in [-0.3, -0.25) is 0 Å². The minimum Gasteiger partial charge on any atom is -0.476 e. The fourth-order valence-corrected chi connectivity index (χ4v) is 1.77. The average molecular weight is 278 g/mol. The summed E-state index contributed by atoms with van der Waals surface area (Å²) in [7, 11) is 0. The van der Waals surface area contributed by atoms with Crippen molar-refractivity contribution < 1.29 is 19.1 Å². The first-order chi connectivity index (χ1) is 9.31. The van der Waals surface area contributed by atoms with Gasteiger partial charge in [-0.1, -0.05) is 19.1 Å². The molecule has 20 heavy (non-hydrogen) atoms. The molecular weight excluding hydrogens is 256 g/mol. The third kappa shape index (κ3) is 3.83. The maximum atomic E-state index is 11.8. The van der Waals surface area contributed by atoms with Crippen molar-refractivity contribution in [2.75, 3.05) is 6.61 Å². The third-order valence-corrected chi connectivity index (χ3v) is 3.06. The van der Waals surface area contributed by atoms with Crippen LogP contribution in [-0.4, -0.2) is 24.5 Å². The lowest BCUT2D eigenvalue weighted by Crippen LogP contribution is -2.39. The molecule has 0 N–H and O–H groups in total. The minimum atomic E-state index is -1.04. The van der Waals surface area contributed by atoms with Crippen LogP contribution in [0.3, 0.4) is 0 Å². The van der Waals surface area contributed by atoms with Crippen molar-refractivity contribution in [3.8, 4) is 5.75 Å². The van der Waals surface area contributed by atoms with Gasteiger partial charge in [0.05, 0.1) is 6.61 Å². The van der Waals surface area contributed by atoms with E-state index < -0.39 is 11.6 Å². The van der Waals surface area contributed by atoms with Crippen LogP contribution in [-0.2, 0) is 14.3 Å². The lowest BCUT2D eigenvalue weighted by atomic mass is 10.00. The Morgan fingerprint density at radius 3 is 2.55 bits per heavy atom. The molecule has 4 heteroatoms. The van der Waals surface area contributed by atoms with Gasteiger partial charge in [-0.25, -0.2) is 4.79 Å². The molecule has 1 rings (SSSR count). The molecule has 0 bridgehead atoms. The van der Waals surface area contributed by atoms with Gasteiger partial charge in [0.1, 0.15) is 12.0 Å². The summed E-state index contributed by atoms with van der Waals surface area (Å²) in [6.07, 6.45) is 0.901. The number of rotatable bonds is 6. The first kappa shape index (κ1) is 16.2. The number of aryl methyl sites for hydroxylation is 1. The third-order valence-electron chi connectivity index (χ3n) is 3.06. The van der Waals surface area contributed by atoms with Crippen LogP contribution >= 0.6 is 0 Å². The zero-order valence-electron chi connectivity index (χ0n) is 12.7. The molecule has 0 aliphatic heterocycles. The summed E-state index contributed by atoms with van der Waals surface area (Å²) < 4.78 is 10.7. The molecule has 0 aliphatic carbocycles. The maximum absolute atomic E-state index is 11.8. The topological polar surface area (TPSA) is 52.6 Å². The van der Waals surface area contributed by atoms with E-state index in [1.54, 1.807) is 26.8 Å². The van der Waals surface area contributed by atoms with Crippen LogP contribution in [0, 0.1) is 6.92 Å². The van der Waals surface area contributed by atoms with Crippen LogP contribution < -0.4 is 4.74 Å². The molecule has 0 amide bonds. The van der Waals surface area contributed by atoms with Gasteiger partial charge < -0.3 is 14.3 Å². The van der Waals surface area contributed by atoms with Gasteiger partial charge in [0.25, 0.3) is 0 Å². The summed E-state index contributed by atoms with van der Waals surface area (Å²) >= 11 is 0. The Hall–Kier alpha value is -1.84. The molecule has 0 spiro atoms. The molecule has 4 nitrogen and oxygen atoms in total. The Morgan fingerprint density at radius 1 is 1.40 bits per heavy atom. The second-order valence-corrected chi connectivity index (χ2v) is 5.28. The van der Waals surface area contributed by atoms with Gasteiger partial charge in [-0.15, -0.1) is 0 Å². The number of ether oxygens (including phenoxy) is 2. The fourth-order valence-electron chi connectivity index (χ4n) is 1.77. The highest BCUT2D eigenvalue weighted by Gasteiger charge is 2.32. The van der Waals surface area contributed by atoms with E-state index >= 15 is 0 Å². The second-order valence-electron chi connectivity index (χ2n) is 5.28. The van der Waals surface area contributed by atoms with E-state index in [0.717, 1.165) is 17.4 Å². The summed E-state index contributed by atoms with van der Waals surface area (Å²) in [5, 5.41) is 0. The molecule has 0 heterocycles. The Kier molecular flexibility index (Phi) is 5.31. The van der Waals surface area contributed by atoms with E-state index in [0.29, 0.717) is 12.4 Å². The van der Waals surface area contributed by atoms with E-state index in [2.05, 4.69) is 0 Å². The van der Waals surface area contributed by atoms with Crippen LogP contribution in [0.1, 0.15) is 44.7 Å². The van der Waals surface area contributed by atoms with Crippen molar-refractivity contribution in [3.63, 3.8) is 0 Å². The van der Waals surface area contributed by atoms with Crippen LogP contribution in [0.25, 0.3) is 0 Å². The zero-order valence-corrected chi connectivity index (χ0v) is 12.7. The average Bonchev–Trinajstić information content (AvgIpc) is 2.40. The first-order valence-electron chi connectivity index (χ1n) is 6.74. The Labute approximate surface area is 120 Å². The quantitative estimate of drug-likeness (QED) is 0.593. The summed E-state index contributed by atoms with van der Waals surface area (Å²) in [5.74, 6) is 0.0652. The number of hydrogen-bond donors (Lipinski definition) is 0. The predicted octanol–water partition coefficient (Wildman–Crippen LogP) is 3.02.